The Balaban J connectivity index is 3.60. The van der Waals surface area contributed by atoms with Crippen LogP contribution >= 0.6 is 27.7 Å². The average molecular weight is 252 g/mol. The summed E-state index contributed by atoms with van der Waals surface area (Å²) in [6, 6.07) is 0. The van der Waals surface area contributed by atoms with Gasteiger partial charge < -0.3 is 0 Å². The highest BCUT2D eigenvalue weighted by atomic mass is 31.0. The molecule has 5 heteroatoms. The Morgan fingerprint density at radius 3 is 1.79 bits per heavy atom. The van der Waals surface area contributed by atoms with Crippen LogP contribution in [0, 0.1) is 11.6 Å². The van der Waals surface area contributed by atoms with E-state index in [9.17, 15) is 8.78 Å². The number of hydrogen-bond donors (Lipinski definition) is 0. The van der Waals surface area contributed by atoms with E-state index in [0.717, 1.165) is 5.30 Å². The van der Waals surface area contributed by atoms with Crippen LogP contribution in [0.2, 0.25) is 0 Å². The molecule has 0 aliphatic rings. The summed E-state index contributed by atoms with van der Waals surface area (Å²) < 4.78 is 26.9. The normalized spacial score (nSPS) is 11.1. The number of benzene rings is 1. The van der Waals surface area contributed by atoms with Gasteiger partial charge in [0.2, 0.25) is 0 Å². The molecule has 0 amide bonds. The maximum absolute atomic E-state index is 13.5. The molecule has 78 valence electrons. The summed E-state index contributed by atoms with van der Waals surface area (Å²) in [4.78, 5) is 0. The molecule has 0 aromatic heterocycles. The number of rotatable bonds is 1. The summed E-state index contributed by atoms with van der Waals surface area (Å²) >= 11 is 0. The van der Waals surface area contributed by atoms with E-state index in [-0.39, 0.29) is 11.2 Å². The van der Waals surface area contributed by atoms with Crippen LogP contribution in [0.3, 0.4) is 0 Å². The maximum atomic E-state index is 13.5. The monoisotopic (exact) mass is 252 g/mol. The lowest BCUT2D eigenvalue weighted by molar-refractivity contribution is 0.501. The van der Waals surface area contributed by atoms with Crippen molar-refractivity contribution in [3.8, 4) is 0 Å². The van der Waals surface area contributed by atoms with Gasteiger partial charge in [0, 0.05) is 10.9 Å². The van der Waals surface area contributed by atoms with E-state index in [1.54, 1.807) is 0 Å². The van der Waals surface area contributed by atoms with Gasteiger partial charge in [-0.3, -0.25) is 0 Å². The summed E-state index contributed by atoms with van der Waals surface area (Å²) in [7, 11) is 7.11. The molecule has 1 aromatic carbocycles. The zero-order valence-corrected chi connectivity index (χ0v) is 11.5. The first kappa shape index (κ1) is 12.4. The second-order valence-corrected chi connectivity index (χ2v) is 5.17. The van der Waals surface area contributed by atoms with E-state index in [2.05, 4.69) is 27.7 Å². The van der Waals surface area contributed by atoms with E-state index in [1.807, 2.05) is 13.8 Å². The molecule has 0 saturated carbocycles. The molecule has 0 saturated heterocycles. The molecule has 0 fully saturated rings. The van der Waals surface area contributed by atoms with Crippen LogP contribution in [0.1, 0.15) is 25.3 Å². The van der Waals surface area contributed by atoms with Crippen LogP contribution in [0.5, 0.6) is 0 Å². The summed E-state index contributed by atoms with van der Waals surface area (Å²) in [5.74, 6) is -1.53. The molecule has 0 spiro atoms. The van der Waals surface area contributed by atoms with E-state index in [0.29, 0.717) is 10.9 Å². The molecule has 0 N–H and O–H groups in total. The first-order valence-electron chi connectivity index (χ1n) is 4.19. The Morgan fingerprint density at radius 1 is 0.857 bits per heavy atom. The number of hydrogen-bond acceptors (Lipinski definition) is 0. The topological polar surface area (TPSA) is 0 Å². The van der Waals surface area contributed by atoms with Crippen LogP contribution in [-0.2, 0) is 0 Å². The quantitative estimate of drug-likeness (QED) is 0.666. The summed E-state index contributed by atoms with van der Waals surface area (Å²) in [6.45, 7) is 3.69. The zero-order valence-electron chi connectivity index (χ0n) is 8.07. The molecule has 1 rings (SSSR count). The van der Waals surface area contributed by atoms with Crippen LogP contribution in [0.4, 0.5) is 8.78 Å². The molecule has 3 atom stereocenters. The molecule has 14 heavy (non-hydrogen) atoms. The zero-order chi connectivity index (χ0) is 11.0. The Bertz CT molecular complexity index is 346. The first-order chi connectivity index (χ1) is 6.37. The van der Waals surface area contributed by atoms with Crippen molar-refractivity contribution in [1.29, 1.82) is 0 Å². The minimum atomic E-state index is -0.769. The highest BCUT2D eigenvalue weighted by Gasteiger charge is 2.19. The molecular formula is C9H13F2P3. The minimum Gasteiger partial charge on any atom is -0.203 e. The van der Waals surface area contributed by atoms with E-state index in [1.165, 1.54) is 0 Å². The highest BCUT2D eigenvalue weighted by Crippen LogP contribution is 2.20. The number of halogens is 2. The van der Waals surface area contributed by atoms with Crippen molar-refractivity contribution in [2.24, 2.45) is 0 Å². The minimum absolute atomic E-state index is 0.0260. The van der Waals surface area contributed by atoms with Gasteiger partial charge >= 0.3 is 0 Å². The van der Waals surface area contributed by atoms with E-state index in [4.69, 9.17) is 0 Å². The lowest BCUT2D eigenvalue weighted by Gasteiger charge is -2.16. The van der Waals surface area contributed by atoms with Gasteiger partial charge in [0.15, 0.2) is 11.6 Å². The Labute approximate surface area is 89.8 Å². The second kappa shape index (κ2) is 4.48. The Hall–Kier alpha value is 0.370. The van der Waals surface area contributed by atoms with Crippen molar-refractivity contribution in [3.05, 3.63) is 17.2 Å². The van der Waals surface area contributed by atoms with Gasteiger partial charge in [-0.25, -0.2) is 8.78 Å². The molecule has 0 radical (unpaired) electrons. The smallest absolute Gasteiger partial charge is 0.166 e. The van der Waals surface area contributed by atoms with Gasteiger partial charge in [-0.15, -0.1) is 27.7 Å². The molecule has 3 unspecified atom stereocenters. The molecule has 0 nitrogen and oxygen atoms in total. The first-order valence-corrected chi connectivity index (χ1v) is 5.92. The standard InChI is InChI=1S/C9H13F2P3/c1-3(2)4-5(10)6(11)8(13)9(14)7(4)12/h3H,12-14H2,1-2H3. The van der Waals surface area contributed by atoms with Gasteiger partial charge in [-0.2, -0.15) is 0 Å². The second-order valence-electron chi connectivity index (χ2n) is 3.44. The third-order valence-corrected chi connectivity index (χ3v) is 4.59. The van der Waals surface area contributed by atoms with Crippen LogP contribution < -0.4 is 15.9 Å². The SMILES string of the molecule is CC(C)c1c(F)c(F)c(P)c(P)c1P. The maximum Gasteiger partial charge on any atom is 0.166 e. The average Bonchev–Trinajstić information content (AvgIpc) is 2.11. The molecule has 1 aromatic rings. The molecule has 0 bridgehead atoms. The largest absolute Gasteiger partial charge is 0.203 e. The van der Waals surface area contributed by atoms with Gasteiger partial charge in [-0.1, -0.05) is 13.8 Å². The van der Waals surface area contributed by atoms with Crippen LogP contribution in [-0.4, -0.2) is 0 Å². The van der Waals surface area contributed by atoms with E-state index >= 15 is 0 Å². The Kier molecular flexibility index (Phi) is 3.98. The van der Waals surface area contributed by atoms with Gasteiger partial charge in [-0.05, 0) is 16.5 Å². The molecule has 0 aliphatic heterocycles. The van der Waals surface area contributed by atoms with Crippen molar-refractivity contribution in [3.63, 3.8) is 0 Å². The van der Waals surface area contributed by atoms with Crippen LogP contribution in [0.25, 0.3) is 0 Å². The van der Waals surface area contributed by atoms with Crippen molar-refractivity contribution in [2.45, 2.75) is 19.8 Å². The van der Waals surface area contributed by atoms with Crippen molar-refractivity contribution in [2.75, 3.05) is 0 Å². The fraction of sp³-hybridized carbons (Fsp3) is 0.333. The third-order valence-electron chi connectivity index (χ3n) is 2.11. The van der Waals surface area contributed by atoms with Gasteiger partial charge in [0.25, 0.3) is 0 Å². The van der Waals surface area contributed by atoms with Crippen molar-refractivity contribution < 1.29 is 8.78 Å². The molecular weight excluding hydrogens is 239 g/mol. The Morgan fingerprint density at radius 2 is 1.36 bits per heavy atom. The predicted octanol–water partition coefficient (Wildman–Crippen LogP) is 1.59. The summed E-state index contributed by atoms with van der Waals surface area (Å²) in [5, 5.41) is 1.71. The summed E-state index contributed by atoms with van der Waals surface area (Å²) in [5.41, 5.74) is 0.434. The lowest BCUT2D eigenvalue weighted by atomic mass is 10.0. The van der Waals surface area contributed by atoms with Crippen molar-refractivity contribution in [1.82, 2.24) is 0 Å². The fourth-order valence-electron chi connectivity index (χ4n) is 1.33. The third kappa shape index (κ3) is 1.99. The van der Waals surface area contributed by atoms with Crippen molar-refractivity contribution >= 4 is 43.6 Å². The highest BCUT2D eigenvalue weighted by molar-refractivity contribution is 7.40. The predicted molar refractivity (Wildman–Crippen MR) is 68.5 cm³/mol. The van der Waals surface area contributed by atoms with Gasteiger partial charge in [0.05, 0.1) is 0 Å². The fourth-order valence-corrected chi connectivity index (χ4v) is 2.67. The lowest BCUT2D eigenvalue weighted by Crippen LogP contribution is -2.32. The van der Waals surface area contributed by atoms with Gasteiger partial charge in [0.1, 0.15) is 0 Å². The van der Waals surface area contributed by atoms with E-state index < -0.39 is 11.6 Å². The molecule has 0 aliphatic carbocycles. The van der Waals surface area contributed by atoms with Crippen LogP contribution in [0.15, 0.2) is 0 Å². The summed E-state index contributed by atoms with van der Waals surface area (Å²) in [6.07, 6.45) is 0. The molecule has 0 heterocycles.